The molecule has 21 heavy (non-hydrogen) atoms. The Morgan fingerprint density at radius 3 is 1.52 bits per heavy atom. The Bertz CT molecular complexity index is 388. The molecule has 0 bridgehead atoms. The third-order valence-corrected chi connectivity index (χ3v) is 11.0. The van der Waals surface area contributed by atoms with E-state index in [1.165, 1.54) is 0 Å². The first kappa shape index (κ1) is 21.3. The highest BCUT2D eigenvalue weighted by Gasteiger charge is 2.26. The van der Waals surface area contributed by atoms with Crippen LogP contribution in [0.15, 0.2) is 9.26 Å². The van der Waals surface area contributed by atoms with Crippen molar-refractivity contribution in [2.75, 3.05) is 60.8 Å². The molecule has 0 radical (unpaired) electrons. The monoisotopic (exact) mass is 338 g/mol. The molecular formula is C13H36N6P2. The van der Waals surface area contributed by atoms with Crippen LogP contribution in [-0.2, 0) is 0 Å². The van der Waals surface area contributed by atoms with Gasteiger partial charge in [0.1, 0.15) is 7.36 Å². The first-order valence-electron chi connectivity index (χ1n) is 7.37. The molecule has 8 heteroatoms. The van der Waals surface area contributed by atoms with Crippen LogP contribution in [0.2, 0.25) is 0 Å². The van der Waals surface area contributed by atoms with Gasteiger partial charge in [0.2, 0.25) is 0 Å². The lowest BCUT2D eigenvalue weighted by atomic mass is 10.1. The van der Waals surface area contributed by atoms with Crippen LogP contribution in [0.5, 0.6) is 0 Å². The number of nitrogens with one attached hydrogen (secondary N) is 3. The van der Waals surface area contributed by atoms with E-state index in [9.17, 15) is 0 Å². The number of hydrogen-bond donors (Lipinski definition) is 3. The van der Waals surface area contributed by atoms with Gasteiger partial charge in [0.25, 0.3) is 0 Å². The van der Waals surface area contributed by atoms with E-state index in [4.69, 9.17) is 9.26 Å². The summed E-state index contributed by atoms with van der Waals surface area (Å²) in [5.41, 5.74) is -0.0785. The molecule has 0 amide bonds. The van der Waals surface area contributed by atoms with Gasteiger partial charge in [-0.1, -0.05) is 0 Å². The summed E-state index contributed by atoms with van der Waals surface area (Å²) >= 11 is 0. The van der Waals surface area contributed by atoms with Gasteiger partial charge in [-0.3, -0.25) is 9.42 Å². The molecule has 0 spiro atoms. The molecule has 1 atom stereocenters. The first-order valence-corrected chi connectivity index (χ1v) is 11.8. The lowest BCUT2D eigenvalue weighted by Gasteiger charge is -2.33. The van der Waals surface area contributed by atoms with Crippen LogP contribution < -0.4 is 16.0 Å². The van der Waals surface area contributed by atoms with Crippen LogP contribution in [0.25, 0.3) is 0 Å². The van der Waals surface area contributed by atoms with Gasteiger partial charge < -0.3 is 16.0 Å². The molecule has 0 aliphatic heterocycles. The fourth-order valence-corrected chi connectivity index (χ4v) is 10.1. The van der Waals surface area contributed by atoms with Crippen LogP contribution >= 0.6 is 14.4 Å². The van der Waals surface area contributed by atoms with Crippen molar-refractivity contribution in [1.82, 2.24) is 20.6 Å². The summed E-state index contributed by atoms with van der Waals surface area (Å²) in [6, 6.07) is 0. The summed E-state index contributed by atoms with van der Waals surface area (Å²) in [4.78, 5) is 0. The maximum Gasteiger partial charge on any atom is 0.135 e. The molecule has 0 aromatic heterocycles. The van der Waals surface area contributed by atoms with Gasteiger partial charge in [-0.15, -0.1) is 0 Å². The average Bonchev–Trinajstić information content (AvgIpc) is 2.26. The molecule has 0 aliphatic rings. The first-order chi connectivity index (χ1) is 9.54. The van der Waals surface area contributed by atoms with Crippen molar-refractivity contribution in [1.29, 1.82) is 0 Å². The van der Waals surface area contributed by atoms with Crippen molar-refractivity contribution in [3.05, 3.63) is 0 Å². The van der Waals surface area contributed by atoms with Crippen LogP contribution in [0.1, 0.15) is 20.8 Å². The van der Waals surface area contributed by atoms with Crippen molar-refractivity contribution >= 4 is 14.4 Å². The summed E-state index contributed by atoms with van der Waals surface area (Å²) in [5.74, 6) is 0. The smallest absolute Gasteiger partial charge is 0.135 e. The summed E-state index contributed by atoms with van der Waals surface area (Å²) < 4.78 is 12.7. The number of hydrogen-bond acceptors (Lipinski definition) is 4. The molecule has 6 nitrogen and oxygen atoms in total. The van der Waals surface area contributed by atoms with Gasteiger partial charge in [0.05, 0.1) is 5.54 Å². The van der Waals surface area contributed by atoms with E-state index >= 15 is 0 Å². The van der Waals surface area contributed by atoms with Crippen LogP contribution in [0, 0.1) is 0 Å². The summed E-state index contributed by atoms with van der Waals surface area (Å²) in [6.07, 6.45) is 2.79. The molecule has 128 valence electrons. The predicted molar refractivity (Wildman–Crippen MR) is 99.8 cm³/mol. The molecule has 3 N–H and O–H groups in total. The highest BCUT2D eigenvalue weighted by atomic mass is 31.2. The summed E-state index contributed by atoms with van der Waals surface area (Å²) in [7, 11) is 6.79. The standard InChI is InChI=1S/C13H36N6P2/c1-13(2,3)17-20(9,19(7)8)18-21(10-14-4,11-15-5)12-16-6/h14-16H,10-12H2,1-9H3. The van der Waals surface area contributed by atoms with Crippen molar-refractivity contribution in [2.45, 2.75) is 26.3 Å². The maximum absolute atomic E-state index is 5.39. The molecular weight excluding hydrogens is 302 g/mol. The van der Waals surface area contributed by atoms with Gasteiger partial charge >= 0.3 is 0 Å². The van der Waals surface area contributed by atoms with Crippen molar-refractivity contribution in [3.8, 4) is 0 Å². The molecule has 0 aromatic rings. The zero-order chi connectivity index (χ0) is 16.7. The topological polar surface area (TPSA) is 64.0 Å². The number of rotatable bonds is 8. The minimum atomic E-state index is -1.86. The molecule has 0 saturated carbocycles. The van der Waals surface area contributed by atoms with E-state index in [0.29, 0.717) is 0 Å². The normalized spacial score (nSPS) is 15.9. The summed E-state index contributed by atoms with van der Waals surface area (Å²) in [6.45, 7) is 8.67. The van der Waals surface area contributed by atoms with Gasteiger partial charge in [0.15, 0.2) is 0 Å². The molecule has 0 saturated heterocycles. The molecule has 0 heterocycles. The molecule has 0 aliphatic carbocycles. The molecule has 0 rings (SSSR count). The van der Waals surface area contributed by atoms with Crippen LogP contribution in [-0.4, -0.2) is 71.0 Å². The Morgan fingerprint density at radius 2 is 1.29 bits per heavy atom. The van der Waals surface area contributed by atoms with E-state index in [0.717, 1.165) is 18.9 Å². The minimum absolute atomic E-state index is 0.0785. The predicted octanol–water partition coefficient (Wildman–Crippen LogP) is 2.74. The Kier molecular flexibility index (Phi) is 8.93. The summed E-state index contributed by atoms with van der Waals surface area (Å²) in [5, 5.41) is 10.0. The Hall–Kier alpha value is 0.300. The van der Waals surface area contributed by atoms with E-state index < -0.39 is 14.4 Å². The van der Waals surface area contributed by atoms with Crippen molar-refractivity contribution in [2.24, 2.45) is 9.26 Å². The maximum atomic E-state index is 5.39. The fourth-order valence-electron chi connectivity index (χ4n) is 2.26. The zero-order valence-corrected chi connectivity index (χ0v) is 17.1. The zero-order valence-electron chi connectivity index (χ0n) is 15.4. The highest BCUT2D eigenvalue weighted by molar-refractivity contribution is 7.75. The fraction of sp³-hybridized carbons (Fsp3) is 1.00. The third-order valence-electron chi connectivity index (χ3n) is 2.96. The molecule has 1 unspecified atom stereocenters. The number of nitrogens with zero attached hydrogens (tertiary/aromatic N) is 3. The molecule has 0 fully saturated rings. The van der Waals surface area contributed by atoms with E-state index in [-0.39, 0.29) is 5.54 Å². The second kappa shape index (κ2) is 8.81. The van der Waals surface area contributed by atoms with Gasteiger partial charge in [-0.25, -0.2) is 4.52 Å². The molecule has 0 aromatic carbocycles. The van der Waals surface area contributed by atoms with Crippen molar-refractivity contribution < 1.29 is 0 Å². The SMILES string of the molecule is CNCP(CNC)(CNC)=NP(C)(=NC(C)(C)C)N(C)C. The van der Waals surface area contributed by atoms with Gasteiger partial charge in [0, 0.05) is 32.6 Å². The van der Waals surface area contributed by atoms with Gasteiger partial charge in [-0.2, -0.15) is 0 Å². The third kappa shape index (κ3) is 7.40. The van der Waals surface area contributed by atoms with Crippen LogP contribution in [0.3, 0.4) is 0 Å². The lowest BCUT2D eigenvalue weighted by Crippen LogP contribution is -2.24. The van der Waals surface area contributed by atoms with Gasteiger partial charge in [-0.05, 0) is 56.0 Å². The largest absolute Gasteiger partial charge is 0.314 e. The second-order valence-corrected chi connectivity index (χ2v) is 13.3. The average molecular weight is 338 g/mol. The quantitative estimate of drug-likeness (QED) is 0.596. The lowest BCUT2D eigenvalue weighted by molar-refractivity contribution is 0.574. The Morgan fingerprint density at radius 1 is 0.905 bits per heavy atom. The van der Waals surface area contributed by atoms with E-state index in [1.807, 2.05) is 21.1 Å². The van der Waals surface area contributed by atoms with Crippen molar-refractivity contribution in [3.63, 3.8) is 0 Å². The Labute approximate surface area is 132 Å². The second-order valence-electron chi connectivity index (χ2n) is 6.71. The van der Waals surface area contributed by atoms with E-state index in [1.54, 1.807) is 0 Å². The minimum Gasteiger partial charge on any atom is -0.314 e. The van der Waals surface area contributed by atoms with E-state index in [2.05, 4.69) is 62.2 Å². The highest BCUT2D eigenvalue weighted by Crippen LogP contribution is 2.62. The Balaban J connectivity index is 6.12. The van der Waals surface area contributed by atoms with Crippen LogP contribution in [0.4, 0.5) is 0 Å².